The zero-order chi connectivity index (χ0) is 13.9. The Labute approximate surface area is 119 Å². The van der Waals surface area contributed by atoms with Gasteiger partial charge in [-0.25, -0.2) is 0 Å². The molecule has 0 aliphatic rings. The first-order valence-corrected chi connectivity index (χ1v) is 6.69. The molecular formula is C18H16N2. The molecule has 0 N–H and O–H groups in total. The summed E-state index contributed by atoms with van der Waals surface area (Å²) in [7, 11) is 0. The summed E-state index contributed by atoms with van der Waals surface area (Å²) in [6.07, 6.45) is 1.81. The third-order valence-corrected chi connectivity index (χ3v) is 3.39. The maximum absolute atomic E-state index is 4.23. The van der Waals surface area contributed by atoms with Gasteiger partial charge in [0.2, 0.25) is 0 Å². The minimum Gasteiger partial charge on any atom is -0.158 e. The highest BCUT2D eigenvalue weighted by atomic mass is 15.1. The number of aryl methyl sites for hydroxylation is 2. The van der Waals surface area contributed by atoms with E-state index in [1.807, 2.05) is 6.20 Å². The Kier molecular flexibility index (Phi) is 3.30. The van der Waals surface area contributed by atoms with Crippen LogP contribution in [-0.2, 0) is 0 Å². The molecule has 0 unspecified atom stereocenters. The van der Waals surface area contributed by atoms with Crippen LogP contribution in [0.4, 0.5) is 0 Å². The summed E-state index contributed by atoms with van der Waals surface area (Å²) in [6, 6.07) is 18.9. The lowest BCUT2D eigenvalue weighted by Gasteiger charge is -2.05. The van der Waals surface area contributed by atoms with E-state index in [1.54, 1.807) is 0 Å². The number of benzene rings is 2. The van der Waals surface area contributed by atoms with E-state index in [4.69, 9.17) is 0 Å². The first-order valence-electron chi connectivity index (χ1n) is 6.69. The van der Waals surface area contributed by atoms with E-state index in [0.29, 0.717) is 0 Å². The van der Waals surface area contributed by atoms with Crippen molar-refractivity contribution in [3.63, 3.8) is 0 Å². The zero-order valence-electron chi connectivity index (χ0n) is 11.7. The van der Waals surface area contributed by atoms with Crippen LogP contribution < -0.4 is 0 Å². The molecule has 2 heteroatoms. The quantitative estimate of drug-likeness (QED) is 0.681. The van der Waals surface area contributed by atoms with Gasteiger partial charge in [0, 0.05) is 11.1 Å². The SMILES string of the molecule is Cc1ccc(-c2cnnc(-c3ccc(C)cc3)c2)cc1. The van der Waals surface area contributed by atoms with Gasteiger partial charge in [0.1, 0.15) is 0 Å². The molecule has 3 rings (SSSR count). The number of rotatable bonds is 2. The van der Waals surface area contributed by atoms with Gasteiger partial charge in [0.05, 0.1) is 11.9 Å². The number of hydrogen-bond acceptors (Lipinski definition) is 2. The van der Waals surface area contributed by atoms with Gasteiger partial charge in [-0.15, -0.1) is 0 Å². The first kappa shape index (κ1) is 12.5. The first-order chi connectivity index (χ1) is 9.72. The highest BCUT2D eigenvalue weighted by Crippen LogP contribution is 2.24. The Balaban J connectivity index is 2.01. The maximum Gasteiger partial charge on any atom is 0.0935 e. The van der Waals surface area contributed by atoms with E-state index >= 15 is 0 Å². The highest BCUT2D eigenvalue weighted by molar-refractivity contribution is 5.69. The molecular weight excluding hydrogens is 244 g/mol. The lowest BCUT2D eigenvalue weighted by atomic mass is 10.0. The van der Waals surface area contributed by atoms with Crippen molar-refractivity contribution < 1.29 is 0 Å². The van der Waals surface area contributed by atoms with Crippen molar-refractivity contribution in [2.24, 2.45) is 0 Å². The summed E-state index contributed by atoms with van der Waals surface area (Å²) < 4.78 is 0. The molecule has 0 bridgehead atoms. The van der Waals surface area contributed by atoms with Crippen LogP contribution in [0.3, 0.4) is 0 Å². The van der Waals surface area contributed by atoms with E-state index in [2.05, 4.69) is 78.6 Å². The topological polar surface area (TPSA) is 25.8 Å². The molecule has 0 amide bonds. The van der Waals surface area contributed by atoms with Gasteiger partial charge >= 0.3 is 0 Å². The van der Waals surface area contributed by atoms with Crippen molar-refractivity contribution in [1.82, 2.24) is 10.2 Å². The third-order valence-electron chi connectivity index (χ3n) is 3.39. The molecule has 2 nitrogen and oxygen atoms in total. The van der Waals surface area contributed by atoms with Gasteiger partial charge < -0.3 is 0 Å². The molecule has 0 aliphatic heterocycles. The van der Waals surface area contributed by atoms with E-state index in [1.165, 1.54) is 16.7 Å². The normalized spacial score (nSPS) is 10.5. The van der Waals surface area contributed by atoms with E-state index in [-0.39, 0.29) is 0 Å². The second kappa shape index (κ2) is 5.25. The summed E-state index contributed by atoms with van der Waals surface area (Å²) in [5, 5.41) is 8.36. The van der Waals surface area contributed by atoms with Gasteiger partial charge in [0.15, 0.2) is 0 Å². The van der Waals surface area contributed by atoms with E-state index in [0.717, 1.165) is 16.8 Å². The predicted molar refractivity (Wildman–Crippen MR) is 82.4 cm³/mol. The maximum atomic E-state index is 4.23. The van der Waals surface area contributed by atoms with Crippen molar-refractivity contribution >= 4 is 0 Å². The Hall–Kier alpha value is -2.48. The van der Waals surface area contributed by atoms with Crippen LogP contribution >= 0.6 is 0 Å². The van der Waals surface area contributed by atoms with Gasteiger partial charge in [-0.2, -0.15) is 10.2 Å². The minimum atomic E-state index is 0.906. The third kappa shape index (κ3) is 2.59. The van der Waals surface area contributed by atoms with E-state index in [9.17, 15) is 0 Å². The Morgan fingerprint density at radius 2 is 1.20 bits per heavy atom. The molecule has 3 aromatic rings. The minimum absolute atomic E-state index is 0.906. The molecule has 0 radical (unpaired) electrons. The molecule has 2 aromatic carbocycles. The molecule has 1 heterocycles. The summed E-state index contributed by atoms with van der Waals surface area (Å²) in [5.41, 5.74) is 6.76. The molecule has 1 aromatic heterocycles. The smallest absolute Gasteiger partial charge is 0.0935 e. The average Bonchev–Trinajstić information content (AvgIpc) is 2.49. The molecule has 0 saturated heterocycles. The molecule has 20 heavy (non-hydrogen) atoms. The standard InChI is InChI=1S/C18H16N2/c1-13-3-7-15(8-4-13)17-11-18(20-19-12-17)16-9-5-14(2)6-10-16/h3-12H,1-2H3. The number of nitrogens with zero attached hydrogens (tertiary/aromatic N) is 2. The monoisotopic (exact) mass is 260 g/mol. The lowest BCUT2D eigenvalue weighted by molar-refractivity contribution is 1.04. The summed E-state index contributed by atoms with van der Waals surface area (Å²) in [4.78, 5) is 0. The van der Waals surface area contributed by atoms with Gasteiger partial charge in [0.25, 0.3) is 0 Å². The summed E-state index contributed by atoms with van der Waals surface area (Å²) in [5.74, 6) is 0. The Morgan fingerprint density at radius 3 is 1.80 bits per heavy atom. The van der Waals surface area contributed by atoms with Crippen LogP contribution in [0.5, 0.6) is 0 Å². The molecule has 0 aliphatic carbocycles. The number of hydrogen-bond donors (Lipinski definition) is 0. The fourth-order valence-electron chi connectivity index (χ4n) is 2.14. The van der Waals surface area contributed by atoms with Crippen LogP contribution in [0, 0.1) is 13.8 Å². The van der Waals surface area contributed by atoms with Crippen LogP contribution in [-0.4, -0.2) is 10.2 Å². The van der Waals surface area contributed by atoms with Gasteiger partial charge in [-0.1, -0.05) is 59.7 Å². The van der Waals surface area contributed by atoms with Crippen molar-refractivity contribution in [2.45, 2.75) is 13.8 Å². The summed E-state index contributed by atoms with van der Waals surface area (Å²) >= 11 is 0. The molecule has 98 valence electrons. The van der Waals surface area contributed by atoms with Crippen molar-refractivity contribution in [1.29, 1.82) is 0 Å². The number of aromatic nitrogens is 2. The van der Waals surface area contributed by atoms with Crippen LogP contribution in [0.2, 0.25) is 0 Å². The molecule has 0 spiro atoms. The summed E-state index contributed by atoms with van der Waals surface area (Å²) in [6.45, 7) is 4.17. The zero-order valence-corrected chi connectivity index (χ0v) is 11.7. The molecule has 0 atom stereocenters. The van der Waals surface area contributed by atoms with Crippen molar-refractivity contribution in [3.05, 3.63) is 71.9 Å². The highest BCUT2D eigenvalue weighted by Gasteiger charge is 2.03. The van der Waals surface area contributed by atoms with Crippen LogP contribution in [0.25, 0.3) is 22.4 Å². The van der Waals surface area contributed by atoms with Gasteiger partial charge in [-0.3, -0.25) is 0 Å². The van der Waals surface area contributed by atoms with Gasteiger partial charge in [-0.05, 0) is 25.5 Å². The van der Waals surface area contributed by atoms with Crippen LogP contribution in [0.15, 0.2) is 60.8 Å². The molecule has 0 fully saturated rings. The molecule has 0 saturated carbocycles. The largest absolute Gasteiger partial charge is 0.158 e. The fourth-order valence-corrected chi connectivity index (χ4v) is 2.14. The average molecular weight is 260 g/mol. The predicted octanol–water partition coefficient (Wildman–Crippen LogP) is 4.43. The van der Waals surface area contributed by atoms with Crippen molar-refractivity contribution in [2.75, 3.05) is 0 Å². The second-order valence-corrected chi connectivity index (χ2v) is 5.06. The lowest BCUT2D eigenvalue weighted by Crippen LogP contribution is -1.89. The fraction of sp³-hybridized carbons (Fsp3) is 0.111. The second-order valence-electron chi connectivity index (χ2n) is 5.06. The van der Waals surface area contributed by atoms with E-state index < -0.39 is 0 Å². The van der Waals surface area contributed by atoms with Crippen molar-refractivity contribution in [3.8, 4) is 22.4 Å². The Morgan fingerprint density at radius 1 is 0.650 bits per heavy atom. The van der Waals surface area contributed by atoms with Crippen LogP contribution in [0.1, 0.15) is 11.1 Å². The Bertz CT molecular complexity index is 652.